The Labute approximate surface area is 111 Å². The molecule has 4 heteroatoms. The first kappa shape index (κ1) is 12.9. The van der Waals surface area contributed by atoms with Crippen LogP contribution >= 0.6 is 11.3 Å². The van der Waals surface area contributed by atoms with Gasteiger partial charge in [-0.2, -0.15) is 0 Å². The van der Waals surface area contributed by atoms with Crippen molar-refractivity contribution < 1.29 is 4.79 Å². The number of aryl methyl sites for hydroxylation is 2. The Hall–Kier alpha value is -1.55. The van der Waals surface area contributed by atoms with E-state index >= 15 is 0 Å². The lowest BCUT2D eigenvalue weighted by Gasteiger charge is -2.09. The Morgan fingerprint density at radius 3 is 2.61 bits per heavy atom. The molecule has 2 aromatic heterocycles. The SMILES string of the molecule is Cc1ccc(C)n1CC(=O)NCCc1cccs1. The molecule has 0 bridgehead atoms. The highest BCUT2D eigenvalue weighted by Crippen LogP contribution is 2.08. The van der Waals surface area contributed by atoms with E-state index in [4.69, 9.17) is 0 Å². The topological polar surface area (TPSA) is 34.0 Å². The predicted octanol–water partition coefficient (Wildman–Crippen LogP) is 2.53. The standard InChI is InChI=1S/C14H18N2OS/c1-11-5-6-12(2)16(11)10-14(17)15-8-7-13-4-3-9-18-13/h3-6,9H,7-8,10H2,1-2H3,(H,15,17). The van der Waals surface area contributed by atoms with Gasteiger partial charge in [0, 0.05) is 22.8 Å². The van der Waals surface area contributed by atoms with E-state index < -0.39 is 0 Å². The molecule has 1 N–H and O–H groups in total. The van der Waals surface area contributed by atoms with Crippen molar-refractivity contribution in [3.8, 4) is 0 Å². The zero-order valence-corrected chi connectivity index (χ0v) is 11.6. The third-order valence-electron chi connectivity index (χ3n) is 2.99. The second-order valence-electron chi connectivity index (χ2n) is 4.38. The van der Waals surface area contributed by atoms with E-state index in [1.54, 1.807) is 11.3 Å². The molecule has 1 amide bonds. The van der Waals surface area contributed by atoms with Crippen molar-refractivity contribution >= 4 is 17.2 Å². The highest BCUT2D eigenvalue weighted by molar-refractivity contribution is 7.09. The Balaban J connectivity index is 1.79. The Bertz CT molecular complexity index is 494. The largest absolute Gasteiger partial charge is 0.354 e. The summed E-state index contributed by atoms with van der Waals surface area (Å²) in [5.41, 5.74) is 2.25. The first-order valence-corrected chi connectivity index (χ1v) is 6.96. The van der Waals surface area contributed by atoms with Gasteiger partial charge >= 0.3 is 0 Å². The van der Waals surface area contributed by atoms with Gasteiger partial charge in [0.05, 0.1) is 0 Å². The van der Waals surface area contributed by atoms with Crippen LogP contribution in [0.5, 0.6) is 0 Å². The zero-order valence-electron chi connectivity index (χ0n) is 10.8. The molecule has 0 unspecified atom stereocenters. The molecule has 0 saturated carbocycles. The van der Waals surface area contributed by atoms with Crippen LogP contribution in [-0.4, -0.2) is 17.0 Å². The smallest absolute Gasteiger partial charge is 0.239 e. The molecular formula is C14H18N2OS. The second kappa shape index (κ2) is 5.87. The average Bonchev–Trinajstić information content (AvgIpc) is 2.94. The van der Waals surface area contributed by atoms with Crippen molar-refractivity contribution in [3.63, 3.8) is 0 Å². The minimum Gasteiger partial charge on any atom is -0.354 e. The molecule has 0 atom stereocenters. The molecule has 0 aliphatic heterocycles. The minimum atomic E-state index is 0.0777. The van der Waals surface area contributed by atoms with E-state index in [9.17, 15) is 4.79 Å². The second-order valence-corrected chi connectivity index (χ2v) is 5.41. The van der Waals surface area contributed by atoms with Crippen LogP contribution in [0.25, 0.3) is 0 Å². The minimum absolute atomic E-state index is 0.0777. The van der Waals surface area contributed by atoms with Gasteiger partial charge in [0.15, 0.2) is 0 Å². The zero-order chi connectivity index (χ0) is 13.0. The van der Waals surface area contributed by atoms with Crippen LogP contribution < -0.4 is 5.32 Å². The predicted molar refractivity (Wildman–Crippen MR) is 74.9 cm³/mol. The molecule has 0 aromatic carbocycles. The fourth-order valence-electron chi connectivity index (χ4n) is 1.93. The number of nitrogens with one attached hydrogen (secondary N) is 1. The molecule has 96 valence electrons. The number of nitrogens with zero attached hydrogens (tertiary/aromatic N) is 1. The van der Waals surface area contributed by atoms with Crippen molar-refractivity contribution in [3.05, 3.63) is 45.9 Å². The first-order valence-electron chi connectivity index (χ1n) is 6.08. The summed E-state index contributed by atoms with van der Waals surface area (Å²) in [6.45, 7) is 5.16. The Morgan fingerprint density at radius 1 is 1.28 bits per heavy atom. The van der Waals surface area contributed by atoms with E-state index in [0.29, 0.717) is 13.1 Å². The highest BCUT2D eigenvalue weighted by Gasteiger charge is 2.06. The summed E-state index contributed by atoms with van der Waals surface area (Å²) in [7, 11) is 0. The Morgan fingerprint density at radius 2 is 2.00 bits per heavy atom. The summed E-state index contributed by atoms with van der Waals surface area (Å²) in [6, 6.07) is 8.20. The van der Waals surface area contributed by atoms with Gasteiger partial charge in [-0.25, -0.2) is 0 Å². The lowest BCUT2D eigenvalue weighted by molar-refractivity contribution is -0.121. The molecule has 0 aliphatic carbocycles. The van der Waals surface area contributed by atoms with Crippen molar-refractivity contribution in [2.24, 2.45) is 0 Å². The molecule has 0 fully saturated rings. The maximum Gasteiger partial charge on any atom is 0.239 e. The Kier molecular flexibility index (Phi) is 4.20. The van der Waals surface area contributed by atoms with Crippen molar-refractivity contribution in [2.45, 2.75) is 26.8 Å². The van der Waals surface area contributed by atoms with Gasteiger partial charge in [0.1, 0.15) is 6.54 Å². The maximum absolute atomic E-state index is 11.8. The molecule has 18 heavy (non-hydrogen) atoms. The lowest BCUT2D eigenvalue weighted by Crippen LogP contribution is -2.29. The van der Waals surface area contributed by atoms with Crippen molar-refractivity contribution in [1.29, 1.82) is 0 Å². The van der Waals surface area contributed by atoms with Gasteiger partial charge in [0.2, 0.25) is 5.91 Å². The molecule has 3 nitrogen and oxygen atoms in total. The quantitative estimate of drug-likeness (QED) is 0.882. The lowest BCUT2D eigenvalue weighted by atomic mass is 10.3. The van der Waals surface area contributed by atoms with E-state index in [-0.39, 0.29) is 5.91 Å². The van der Waals surface area contributed by atoms with E-state index in [1.807, 2.05) is 36.6 Å². The number of amides is 1. The van der Waals surface area contributed by atoms with E-state index in [2.05, 4.69) is 16.8 Å². The molecule has 0 aliphatic rings. The number of carbonyl (C=O) groups excluding carboxylic acids is 1. The molecular weight excluding hydrogens is 244 g/mol. The third-order valence-corrected chi connectivity index (χ3v) is 3.93. The van der Waals surface area contributed by atoms with Crippen LogP contribution in [0.3, 0.4) is 0 Å². The van der Waals surface area contributed by atoms with Crippen LogP contribution in [0.2, 0.25) is 0 Å². The van der Waals surface area contributed by atoms with Crippen LogP contribution in [-0.2, 0) is 17.8 Å². The monoisotopic (exact) mass is 262 g/mol. The van der Waals surface area contributed by atoms with Crippen LogP contribution in [0.15, 0.2) is 29.6 Å². The summed E-state index contributed by atoms with van der Waals surface area (Å²) in [5.74, 6) is 0.0777. The number of carbonyl (C=O) groups is 1. The van der Waals surface area contributed by atoms with E-state index in [0.717, 1.165) is 17.8 Å². The fraction of sp³-hybridized carbons (Fsp3) is 0.357. The van der Waals surface area contributed by atoms with Crippen LogP contribution in [0.1, 0.15) is 16.3 Å². The summed E-state index contributed by atoms with van der Waals surface area (Å²) >= 11 is 1.73. The summed E-state index contributed by atoms with van der Waals surface area (Å²) < 4.78 is 2.03. The van der Waals surface area contributed by atoms with Crippen molar-refractivity contribution in [2.75, 3.05) is 6.54 Å². The van der Waals surface area contributed by atoms with E-state index in [1.165, 1.54) is 4.88 Å². The number of hydrogen-bond acceptors (Lipinski definition) is 2. The van der Waals surface area contributed by atoms with Gasteiger partial charge in [-0.05, 0) is 43.8 Å². The van der Waals surface area contributed by atoms with Gasteiger partial charge in [-0.1, -0.05) is 6.07 Å². The average molecular weight is 262 g/mol. The van der Waals surface area contributed by atoms with Gasteiger partial charge in [-0.15, -0.1) is 11.3 Å². The number of aromatic nitrogens is 1. The number of hydrogen-bond donors (Lipinski definition) is 1. The van der Waals surface area contributed by atoms with Crippen molar-refractivity contribution in [1.82, 2.24) is 9.88 Å². The fourth-order valence-corrected chi connectivity index (χ4v) is 2.64. The molecule has 2 heterocycles. The molecule has 2 rings (SSSR count). The summed E-state index contributed by atoms with van der Waals surface area (Å²) in [6.07, 6.45) is 0.910. The van der Waals surface area contributed by atoms with Crippen LogP contribution in [0, 0.1) is 13.8 Å². The summed E-state index contributed by atoms with van der Waals surface area (Å²) in [4.78, 5) is 13.1. The maximum atomic E-state index is 11.8. The van der Waals surface area contributed by atoms with Gasteiger partial charge in [-0.3, -0.25) is 4.79 Å². The third kappa shape index (κ3) is 3.23. The summed E-state index contributed by atoms with van der Waals surface area (Å²) in [5, 5.41) is 5.02. The molecule has 0 radical (unpaired) electrons. The normalized spacial score (nSPS) is 10.6. The molecule has 2 aromatic rings. The molecule has 0 saturated heterocycles. The number of thiophene rings is 1. The number of rotatable bonds is 5. The molecule has 0 spiro atoms. The first-order chi connectivity index (χ1) is 8.66. The van der Waals surface area contributed by atoms with Gasteiger partial charge in [0.25, 0.3) is 0 Å². The highest BCUT2D eigenvalue weighted by atomic mass is 32.1. The van der Waals surface area contributed by atoms with Gasteiger partial charge < -0.3 is 9.88 Å². The van der Waals surface area contributed by atoms with Crippen LogP contribution in [0.4, 0.5) is 0 Å².